The van der Waals surface area contributed by atoms with Gasteiger partial charge in [-0.1, -0.05) is 102 Å². The largest absolute Gasteiger partial charge is 0.392 e. The summed E-state index contributed by atoms with van der Waals surface area (Å²) in [6.45, 7) is 0.552. The fourth-order valence-electron chi connectivity index (χ4n) is 5.31. The minimum Gasteiger partial charge on any atom is -0.392 e. The SMILES string of the molecule is O=S(=O)(NCc1cccc(-c2cccc([C@H]3O[C@@H](Cn4cnc(Cl)c4Cl)C[C@@H](c4ccc(CO)cc4)O3)c2)c1)c1ccccc1. The molecule has 1 saturated heterocycles. The second kappa shape index (κ2) is 13.8. The molecule has 0 saturated carbocycles. The highest BCUT2D eigenvalue weighted by atomic mass is 35.5. The normalized spacial score (nSPS) is 18.6. The van der Waals surface area contributed by atoms with Gasteiger partial charge in [0.1, 0.15) is 5.15 Å². The molecule has 45 heavy (non-hydrogen) atoms. The number of nitrogens with zero attached hydrogens (tertiary/aromatic N) is 2. The average molecular weight is 665 g/mol. The molecule has 2 N–H and O–H groups in total. The number of aliphatic hydroxyl groups is 1. The first kappa shape index (κ1) is 31.4. The lowest BCUT2D eigenvalue weighted by Gasteiger charge is -2.36. The van der Waals surface area contributed by atoms with Crippen LogP contribution in [0.3, 0.4) is 0 Å². The van der Waals surface area contributed by atoms with Crippen LogP contribution in [0.5, 0.6) is 0 Å². The number of sulfonamides is 1. The molecule has 3 atom stereocenters. The van der Waals surface area contributed by atoms with Crippen molar-refractivity contribution in [2.75, 3.05) is 0 Å². The molecule has 1 aliphatic rings. The Morgan fingerprint density at radius 2 is 1.58 bits per heavy atom. The summed E-state index contributed by atoms with van der Waals surface area (Å²) in [4.78, 5) is 4.32. The number of rotatable bonds is 10. The lowest BCUT2D eigenvalue weighted by molar-refractivity contribution is -0.252. The molecule has 6 rings (SSSR count). The molecule has 0 amide bonds. The molecule has 232 valence electrons. The summed E-state index contributed by atoms with van der Waals surface area (Å²) < 4.78 is 42.9. The molecule has 0 radical (unpaired) electrons. The number of aliphatic hydroxyl groups excluding tert-OH is 1. The van der Waals surface area contributed by atoms with E-state index in [1.807, 2.05) is 72.8 Å². The Balaban J connectivity index is 1.23. The lowest BCUT2D eigenvalue weighted by Crippen LogP contribution is -2.32. The van der Waals surface area contributed by atoms with E-state index in [2.05, 4.69) is 9.71 Å². The van der Waals surface area contributed by atoms with Crippen molar-refractivity contribution in [3.63, 3.8) is 0 Å². The number of imidazole rings is 1. The highest BCUT2D eigenvalue weighted by Gasteiger charge is 2.33. The van der Waals surface area contributed by atoms with Gasteiger partial charge in [-0.15, -0.1) is 0 Å². The van der Waals surface area contributed by atoms with Crippen LogP contribution in [0.2, 0.25) is 10.3 Å². The van der Waals surface area contributed by atoms with Gasteiger partial charge in [0, 0.05) is 18.5 Å². The predicted octanol–water partition coefficient (Wildman–Crippen LogP) is 7.07. The van der Waals surface area contributed by atoms with Crippen molar-refractivity contribution < 1.29 is 23.0 Å². The third-order valence-corrected chi connectivity index (χ3v) is 9.87. The maximum Gasteiger partial charge on any atom is 0.240 e. The van der Waals surface area contributed by atoms with E-state index in [-0.39, 0.29) is 35.4 Å². The Kier molecular flexibility index (Phi) is 9.67. The van der Waals surface area contributed by atoms with Gasteiger partial charge in [0.2, 0.25) is 10.0 Å². The number of nitrogens with one attached hydrogen (secondary N) is 1. The average Bonchev–Trinajstić information content (AvgIpc) is 3.40. The number of halogens is 2. The van der Waals surface area contributed by atoms with Crippen LogP contribution in [-0.2, 0) is 39.2 Å². The molecule has 5 aromatic rings. The molecule has 0 spiro atoms. The van der Waals surface area contributed by atoms with Crippen LogP contribution >= 0.6 is 23.2 Å². The zero-order chi connectivity index (χ0) is 31.4. The van der Waals surface area contributed by atoms with Crippen LogP contribution in [0.25, 0.3) is 11.1 Å². The van der Waals surface area contributed by atoms with Crippen LogP contribution in [0.1, 0.15) is 41.1 Å². The fourth-order valence-corrected chi connectivity index (χ4v) is 6.66. The fraction of sp³-hybridized carbons (Fsp3) is 0.206. The maximum absolute atomic E-state index is 12.7. The zero-order valence-corrected chi connectivity index (χ0v) is 26.4. The van der Waals surface area contributed by atoms with Crippen molar-refractivity contribution in [3.8, 4) is 11.1 Å². The highest BCUT2D eigenvalue weighted by molar-refractivity contribution is 7.89. The summed E-state index contributed by atoms with van der Waals surface area (Å²) in [5.74, 6) is 0. The number of ether oxygens (including phenoxy) is 2. The van der Waals surface area contributed by atoms with Crippen LogP contribution in [0.4, 0.5) is 0 Å². The Labute approximate surface area is 272 Å². The van der Waals surface area contributed by atoms with Crippen molar-refractivity contribution >= 4 is 33.2 Å². The Morgan fingerprint density at radius 3 is 2.29 bits per heavy atom. The summed E-state index contributed by atoms with van der Waals surface area (Å²) in [6, 6.07) is 31.7. The number of aromatic nitrogens is 2. The van der Waals surface area contributed by atoms with Gasteiger partial charge in [-0.05, 0) is 52.1 Å². The first-order valence-electron chi connectivity index (χ1n) is 14.4. The van der Waals surface area contributed by atoms with Gasteiger partial charge in [0.05, 0.1) is 36.6 Å². The summed E-state index contributed by atoms with van der Waals surface area (Å²) >= 11 is 12.5. The van der Waals surface area contributed by atoms with Crippen molar-refractivity contribution in [2.45, 2.75) is 49.5 Å². The third-order valence-electron chi connectivity index (χ3n) is 7.69. The van der Waals surface area contributed by atoms with Crippen molar-refractivity contribution in [1.82, 2.24) is 14.3 Å². The van der Waals surface area contributed by atoms with Crippen LogP contribution < -0.4 is 4.72 Å². The smallest absolute Gasteiger partial charge is 0.240 e. The molecule has 1 aliphatic heterocycles. The van der Waals surface area contributed by atoms with Crippen LogP contribution in [0.15, 0.2) is 114 Å². The molecular formula is C34H31Cl2N3O5S. The monoisotopic (exact) mass is 663 g/mol. The van der Waals surface area contributed by atoms with E-state index in [4.69, 9.17) is 32.7 Å². The molecule has 0 aliphatic carbocycles. The second-order valence-corrected chi connectivity index (χ2v) is 13.3. The summed E-state index contributed by atoms with van der Waals surface area (Å²) in [6.07, 6.45) is 0.950. The minimum atomic E-state index is -3.64. The van der Waals surface area contributed by atoms with E-state index < -0.39 is 16.3 Å². The molecule has 0 bridgehead atoms. The molecule has 1 aromatic heterocycles. The van der Waals surface area contributed by atoms with Crippen molar-refractivity contribution in [3.05, 3.63) is 142 Å². The zero-order valence-electron chi connectivity index (χ0n) is 24.1. The van der Waals surface area contributed by atoms with Crippen LogP contribution in [0, 0.1) is 0 Å². The van der Waals surface area contributed by atoms with Gasteiger partial charge in [-0.2, -0.15) is 0 Å². The standard InChI is InChI=1S/C34H31Cl2N3O5S/c35-32-33(36)39(22-37-32)20-29-18-31(25-14-12-23(21-40)13-15-25)44-34(43-29)28-9-5-8-27(17-28)26-7-4-6-24(16-26)19-38-45(41,42)30-10-2-1-3-11-30/h1-17,22,29,31,34,38,40H,18-21H2/t29-,31+,34+/m1/s1. The Hall–Kier alpha value is -3.54. The van der Waals surface area contributed by atoms with E-state index in [0.717, 1.165) is 33.4 Å². The molecule has 8 nitrogen and oxygen atoms in total. The van der Waals surface area contributed by atoms with Gasteiger partial charge in [-0.3, -0.25) is 0 Å². The first-order chi connectivity index (χ1) is 21.8. The summed E-state index contributed by atoms with van der Waals surface area (Å²) in [5, 5.41) is 10.1. The third kappa shape index (κ3) is 7.48. The van der Waals surface area contributed by atoms with Crippen molar-refractivity contribution in [1.29, 1.82) is 0 Å². The quantitative estimate of drug-likeness (QED) is 0.166. The topological polar surface area (TPSA) is 103 Å². The van der Waals surface area contributed by atoms with E-state index in [9.17, 15) is 13.5 Å². The summed E-state index contributed by atoms with van der Waals surface area (Å²) in [7, 11) is -3.64. The first-order valence-corrected chi connectivity index (χ1v) is 16.6. The molecule has 2 heterocycles. The number of hydrogen-bond acceptors (Lipinski definition) is 6. The molecule has 4 aromatic carbocycles. The van der Waals surface area contributed by atoms with E-state index in [1.165, 1.54) is 0 Å². The number of hydrogen-bond donors (Lipinski definition) is 2. The van der Waals surface area contributed by atoms with Gasteiger partial charge in [-0.25, -0.2) is 18.1 Å². The molecule has 11 heteroatoms. The summed E-state index contributed by atoms with van der Waals surface area (Å²) in [5.41, 5.74) is 5.31. The maximum atomic E-state index is 12.7. The van der Waals surface area contributed by atoms with E-state index in [0.29, 0.717) is 18.1 Å². The Bertz CT molecular complexity index is 1870. The molecule has 1 fully saturated rings. The van der Waals surface area contributed by atoms with E-state index >= 15 is 0 Å². The Morgan fingerprint density at radius 1 is 0.844 bits per heavy atom. The van der Waals surface area contributed by atoms with Gasteiger partial charge < -0.3 is 19.1 Å². The minimum absolute atomic E-state index is 0.0348. The lowest BCUT2D eigenvalue weighted by atomic mass is 9.98. The van der Waals surface area contributed by atoms with E-state index in [1.54, 1.807) is 41.2 Å². The predicted molar refractivity (Wildman–Crippen MR) is 173 cm³/mol. The molecular weight excluding hydrogens is 633 g/mol. The highest BCUT2D eigenvalue weighted by Crippen LogP contribution is 2.39. The van der Waals surface area contributed by atoms with Crippen molar-refractivity contribution in [2.24, 2.45) is 0 Å². The molecule has 0 unspecified atom stereocenters. The number of benzene rings is 4. The van der Waals surface area contributed by atoms with Gasteiger partial charge in [0.25, 0.3) is 0 Å². The van der Waals surface area contributed by atoms with Crippen LogP contribution in [-0.4, -0.2) is 29.2 Å². The van der Waals surface area contributed by atoms with Gasteiger partial charge >= 0.3 is 0 Å². The van der Waals surface area contributed by atoms with Gasteiger partial charge in [0.15, 0.2) is 11.4 Å². The second-order valence-electron chi connectivity index (χ2n) is 10.8.